The molecule has 0 radical (unpaired) electrons. The van der Waals surface area contributed by atoms with Crippen molar-refractivity contribution in [2.75, 3.05) is 19.0 Å². The van der Waals surface area contributed by atoms with Gasteiger partial charge in [0.2, 0.25) is 0 Å². The Hall–Kier alpha value is -3.23. The lowest BCUT2D eigenvalue weighted by Crippen LogP contribution is -2.47. The number of aryl methyl sites for hydroxylation is 1. The van der Waals surface area contributed by atoms with Crippen molar-refractivity contribution in [2.24, 2.45) is 0 Å². The maximum absolute atomic E-state index is 16.2. The van der Waals surface area contributed by atoms with Crippen LogP contribution in [0.15, 0.2) is 36.7 Å². The standard InChI is InChI=1S/C25H33F2N6O7P/c1-14(2)38-21(34)15(3)32-41(36,40-17-10-8-7-9-11-17)37-12-25(27)22(35)24(5,26)23(39-25)33-13-29-18-19(28-6)30-16(4)31-20(18)33/h7-11,13-15,22-23,35H,12H2,1-6H3,(H,32,36)(H,28,30,31)/t15-,22-,23+,24+,25+,41+/m0/s1. The van der Waals surface area contributed by atoms with Gasteiger partial charge in [0, 0.05) is 7.05 Å². The first-order valence-electron chi connectivity index (χ1n) is 12.8. The van der Waals surface area contributed by atoms with E-state index in [1.807, 2.05) is 0 Å². The monoisotopic (exact) mass is 598 g/mol. The average molecular weight is 599 g/mol. The molecule has 41 heavy (non-hydrogen) atoms. The van der Waals surface area contributed by atoms with Crippen molar-refractivity contribution >= 4 is 30.7 Å². The summed E-state index contributed by atoms with van der Waals surface area (Å²) in [5, 5.41) is 16.0. The van der Waals surface area contributed by atoms with E-state index in [0.29, 0.717) is 11.6 Å². The van der Waals surface area contributed by atoms with Crippen molar-refractivity contribution in [3.63, 3.8) is 0 Å². The van der Waals surface area contributed by atoms with E-state index >= 15 is 8.78 Å². The number of benzene rings is 1. The van der Waals surface area contributed by atoms with Crippen molar-refractivity contribution in [1.82, 2.24) is 24.6 Å². The van der Waals surface area contributed by atoms with Crippen LogP contribution in [-0.2, 0) is 23.4 Å². The first-order valence-corrected chi connectivity index (χ1v) is 14.3. The quantitative estimate of drug-likeness (QED) is 0.218. The van der Waals surface area contributed by atoms with Crippen LogP contribution in [0.25, 0.3) is 11.2 Å². The molecule has 0 amide bonds. The van der Waals surface area contributed by atoms with Gasteiger partial charge in [-0.05, 0) is 46.8 Å². The van der Waals surface area contributed by atoms with Gasteiger partial charge < -0.3 is 24.4 Å². The Balaban J connectivity index is 1.61. The van der Waals surface area contributed by atoms with Gasteiger partial charge in [0.1, 0.15) is 24.2 Å². The molecule has 2 aromatic heterocycles. The summed E-state index contributed by atoms with van der Waals surface area (Å²) in [7, 11) is -2.93. The van der Waals surface area contributed by atoms with Gasteiger partial charge in [0.25, 0.3) is 5.85 Å². The van der Waals surface area contributed by atoms with Crippen LogP contribution in [0.2, 0.25) is 0 Å². The number of alkyl halides is 2. The summed E-state index contributed by atoms with van der Waals surface area (Å²) >= 11 is 0. The number of aliphatic hydroxyl groups is 1. The number of fused-ring (bicyclic) bond motifs is 1. The minimum atomic E-state index is -4.55. The highest BCUT2D eigenvalue weighted by molar-refractivity contribution is 7.52. The van der Waals surface area contributed by atoms with Gasteiger partial charge in [0.05, 0.1) is 12.4 Å². The van der Waals surface area contributed by atoms with Crippen LogP contribution in [0.5, 0.6) is 5.75 Å². The highest BCUT2D eigenvalue weighted by Crippen LogP contribution is 2.52. The summed E-state index contributed by atoms with van der Waals surface area (Å²) in [6.45, 7) is 5.93. The molecule has 6 atom stereocenters. The Morgan fingerprint density at radius 1 is 1.24 bits per heavy atom. The van der Waals surface area contributed by atoms with E-state index in [1.54, 1.807) is 46.0 Å². The van der Waals surface area contributed by atoms with Crippen molar-refractivity contribution < 1.29 is 41.8 Å². The van der Waals surface area contributed by atoms with E-state index in [1.165, 1.54) is 25.4 Å². The molecule has 1 aliphatic heterocycles. The van der Waals surface area contributed by atoms with E-state index < -0.39 is 56.3 Å². The third kappa shape index (κ3) is 6.33. The molecule has 4 rings (SSSR count). The second-order valence-electron chi connectivity index (χ2n) is 10.0. The minimum Gasteiger partial charge on any atom is -0.462 e. The number of imidazole rings is 1. The number of hydrogen-bond acceptors (Lipinski definition) is 11. The van der Waals surface area contributed by atoms with E-state index in [9.17, 15) is 14.5 Å². The average Bonchev–Trinajstić information content (AvgIpc) is 3.39. The van der Waals surface area contributed by atoms with Crippen molar-refractivity contribution in [3.05, 3.63) is 42.5 Å². The topological polar surface area (TPSA) is 159 Å². The van der Waals surface area contributed by atoms with Crippen LogP contribution in [-0.4, -0.2) is 74.0 Å². The van der Waals surface area contributed by atoms with E-state index in [2.05, 4.69) is 25.4 Å². The molecular formula is C25H33F2N6O7P. The normalized spacial score (nSPS) is 26.6. The minimum absolute atomic E-state index is 0.0713. The Morgan fingerprint density at radius 2 is 1.93 bits per heavy atom. The molecule has 3 aromatic rings. The highest BCUT2D eigenvalue weighted by atomic mass is 31.2. The molecule has 0 saturated carbocycles. The van der Waals surface area contributed by atoms with Gasteiger partial charge in [0.15, 0.2) is 35.0 Å². The molecule has 0 bridgehead atoms. The number of esters is 1. The second-order valence-corrected chi connectivity index (χ2v) is 11.7. The largest absolute Gasteiger partial charge is 0.462 e. The van der Waals surface area contributed by atoms with Gasteiger partial charge in [-0.15, -0.1) is 0 Å². The van der Waals surface area contributed by atoms with Crippen molar-refractivity contribution in [1.29, 1.82) is 0 Å². The smallest absolute Gasteiger partial charge is 0.459 e. The van der Waals surface area contributed by atoms with Crippen molar-refractivity contribution in [3.8, 4) is 5.75 Å². The van der Waals surface area contributed by atoms with Crippen LogP contribution < -0.4 is 14.9 Å². The molecular weight excluding hydrogens is 565 g/mol. The van der Waals surface area contributed by atoms with Gasteiger partial charge in [-0.25, -0.2) is 28.3 Å². The van der Waals surface area contributed by atoms with Gasteiger partial charge in [-0.2, -0.15) is 5.09 Å². The number of nitrogens with zero attached hydrogens (tertiary/aromatic N) is 4. The van der Waals surface area contributed by atoms with E-state index in [-0.39, 0.29) is 16.9 Å². The molecule has 0 aliphatic carbocycles. The number of ether oxygens (including phenoxy) is 2. The molecule has 0 unspecified atom stereocenters. The maximum Gasteiger partial charge on any atom is 0.459 e. The lowest BCUT2D eigenvalue weighted by molar-refractivity contribution is -0.202. The fourth-order valence-electron chi connectivity index (χ4n) is 4.24. The molecule has 0 spiro atoms. The molecule has 13 nitrogen and oxygen atoms in total. The highest BCUT2D eigenvalue weighted by Gasteiger charge is 2.65. The lowest BCUT2D eigenvalue weighted by atomic mass is 9.97. The zero-order valence-corrected chi connectivity index (χ0v) is 24.3. The Morgan fingerprint density at radius 3 is 2.56 bits per heavy atom. The second kappa shape index (κ2) is 11.6. The number of carbonyl (C=O) groups excluding carboxylic acids is 1. The van der Waals surface area contributed by atoms with Crippen LogP contribution in [0.4, 0.5) is 14.6 Å². The number of anilines is 1. The van der Waals surface area contributed by atoms with Crippen molar-refractivity contribution in [2.45, 2.75) is 70.6 Å². The number of hydrogen-bond donors (Lipinski definition) is 3. The predicted molar refractivity (Wildman–Crippen MR) is 144 cm³/mol. The summed E-state index contributed by atoms with van der Waals surface area (Å²) in [5.74, 6) is -3.23. The lowest BCUT2D eigenvalue weighted by Gasteiger charge is -2.28. The molecule has 1 aromatic carbocycles. The first-order chi connectivity index (χ1) is 19.2. The molecule has 3 heterocycles. The third-order valence-electron chi connectivity index (χ3n) is 6.21. The Bertz CT molecular complexity index is 1440. The zero-order chi connectivity index (χ0) is 30.2. The van der Waals surface area contributed by atoms with Crippen LogP contribution in [0.1, 0.15) is 39.7 Å². The summed E-state index contributed by atoms with van der Waals surface area (Å²) < 4.78 is 68.4. The third-order valence-corrected chi connectivity index (χ3v) is 7.84. The number of aliphatic hydroxyl groups excluding tert-OH is 1. The summed E-state index contributed by atoms with van der Waals surface area (Å²) in [5.41, 5.74) is -2.33. The van der Waals surface area contributed by atoms with Gasteiger partial charge >= 0.3 is 13.7 Å². The van der Waals surface area contributed by atoms with Crippen LogP contribution in [0.3, 0.4) is 0 Å². The fraction of sp³-hybridized carbons (Fsp3) is 0.520. The number of carbonyl (C=O) groups is 1. The molecule has 1 saturated heterocycles. The molecule has 1 aliphatic rings. The van der Waals surface area contributed by atoms with E-state index in [0.717, 1.165) is 11.5 Å². The van der Waals surface area contributed by atoms with Gasteiger partial charge in [-0.1, -0.05) is 18.2 Å². The summed E-state index contributed by atoms with van der Waals surface area (Å²) in [6, 6.07) is 6.58. The number of para-hydroxylation sites is 1. The SMILES string of the molecule is CNc1nc(C)nc2c1ncn2[C@@H]1O[C@](F)(CO[P@](=O)(N[C@@H](C)C(=O)OC(C)C)Oc2ccccc2)[C@@H](O)[C@@]1(C)F. The van der Waals surface area contributed by atoms with Crippen LogP contribution >= 0.6 is 7.75 Å². The van der Waals surface area contributed by atoms with Gasteiger partial charge in [-0.3, -0.25) is 13.9 Å². The van der Waals surface area contributed by atoms with Crippen LogP contribution in [0, 0.1) is 6.92 Å². The molecule has 1 fully saturated rings. The molecule has 224 valence electrons. The number of nitrogens with one attached hydrogen (secondary N) is 2. The summed E-state index contributed by atoms with van der Waals surface area (Å²) in [6.07, 6.45) is -3.43. The maximum atomic E-state index is 16.2. The number of halogens is 2. The zero-order valence-electron chi connectivity index (χ0n) is 23.4. The summed E-state index contributed by atoms with van der Waals surface area (Å²) in [4.78, 5) is 25.1. The Kier molecular flexibility index (Phi) is 8.67. The molecule has 16 heteroatoms. The van der Waals surface area contributed by atoms with E-state index in [4.69, 9.17) is 18.5 Å². The predicted octanol–water partition coefficient (Wildman–Crippen LogP) is 3.59. The Labute approximate surface area is 235 Å². The number of rotatable bonds is 11. The number of aromatic nitrogens is 4. The first kappa shape index (κ1) is 30.7. The molecule has 3 N–H and O–H groups in total. The fourth-order valence-corrected chi connectivity index (χ4v) is 5.75.